The number of hydrogen-bond acceptors (Lipinski definition) is 4. The minimum atomic E-state index is -0.296. The van der Waals surface area contributed by atoms with Gasteiger partial charge in [0, 0.05) is 45.0 Å². The van der Waals surface area contributed by atoms with Crippen LogP contribution in [0.5, 0.6) is 5.75 Å². The van der Waals surface area contributed by atoms with Crippen molar-refractivity contribution in [2.24, 2.45) is 0 Å². The van der Waals surface area contributed by atoms with E-state index in [-0.39, 0.29) is 23.0 Å². The van der Waals surface area contributed by atoms with E-state index < -0.39 is 0 Å². The summed E-state index contributed by atoms with van der Waals surface area (Å²) in [4.78, 5) is 24.3. The zero-order chi connectivity index (χ0) is 13.7. The Morgan fingerprint density at radius 1 is 1.33 bits per heavy atom. The molecule has 0 heterocycles. The Kier molecular flexibility index (Phi) is 4.48. The summed E-state index contributed by atoms with van der Waals surface area (Å²) in [5, 5.41) is 12.2. The fourth-order valence-electron chi connectivity index (χ4n) is 1.33. The standard InChI is InChI=1S/C13H16N2O3/c1-9(16)14-10-4-5-11(13(18)8-10)12(17)6-7-15(2)3/h4-8,18H,1-3H3,(H,14,16). The Bertz CT molecular complexity index is 493. The lowest BCUT2D eigenvalue weighted by molar-refractivity contribution is -0.114. The summed E-state index contributed by atoms with van der Waals surface area (Å²) < 4.78 is 0. The number of ketones is 1. The average Bonchev–Trinajstić information content (AvgIpc) is 2.25. The van der Waals surface area contributed by atoms with Gasteiger partial charge >= 0.3 is 0 Å². The van der Waals surface area contributed by atoms with Crippen LogP contribution in [0.1, 0.15) is 17.3 Å². The molecule has 96 valence electrons. The molecule has 1 aromatic rings. The van der Waals surface area contributed by atoms with Gasteiger partial charge in [-0.2, -0.15) is 0 Å². The van der Waals surface area contributed by atoms with E-state index in [2.05, 4.69) is 5.32 Å². The smallest absolute Gasteiger partial charge is 0.221 e. The van der Waals surface area contributed by atoms with E-state index in [1.165, 1.54) is 25.1 Å². The molecule has 5 heteroatoms. The predicted octanol–water partition coefficient (Wildman–Crippen LogP) is 1.61. The molecule has 0 aliphatic rings. The number of allylic oxidation sites excluding steroid dienone is 1. The molecule has 1 aromatic carbocycles. The van der Waals surface area contributed by atoms with Crippen LogP contribution in [0.2, 0.25) is 0 Å². The average molecular weight is 248 g/mol. The second-order valence-electron chi connectivity index (χ2n) is 4.06. The summed E-state index contributed by atoms with van der Waals surface area (Å²) in [6.07, 6.45) is 2.97. The van der Waals surface area contributed by atoms with E-state index in [0.29, 0.717) is 5.69 Å². The molecule has 18 heavy (non-hydrogen) atoms. The highest BCUT2D eigenvalue weighted by Crippen LogP contribution is 2.22. The van der Waals surface area contributed by atoms with Crippen LogP contribution in [0.25, 0.3) is 0 Å². The molecule has 0 aliphatic carbocycles. The molecule has 0 unspecified atom stereocenters. The lowest BCUT2D eigenvalue weighted by Crippen LogP contribution is -2.06. The van der Waals surface area contributed by atoms with Crippen LogP contribution in [0, 0.1) is 0 Å². The fourth-order valence-corrected chi connectivity index (χ4v) is 1.33. The molecule has 0 atom stereocenters. The summed E-state index contributed by atoms with van der Waals surface area (Å²) >= 11 is 0. The highest BCUT2D eigenvalue weighted by molar-refractivity contribution is 6.06. The molecule has 0 bridgehead atoms. The van der Waals surface area contributed by atoms with E-state index in [4.69, 9.17) is 0 Å². The van der Waals surface area contributed by atoms with Crippen molar-refractivity contribution in [1.29, 1.82) is 0 Å². The first-order chi connectivity index (χ1) is 8.40. The van der Waals surface area contributed by atoms with E-state index in [0.717, 1.165) is 0 Å². The number of phenolic OH excluding ortho intramolecular Hbond substituents is 1. The quantitative estimate of drug-likeness (QED) is 0.627. The number of carbonyl (C=O) groups excluding carboxylic acids is 2. The number of aromatic hydroxyl groups is 1. The third-order valence-electron chi connectivity index (χ3n) is 2.11. The van der Waals surface area contributed by atoms with Crippen LogP contribution in [-0.4, -0.2) is 35.8 Å². The topological polar surface area (TPSA) is 69.6 Å². The Morgan fingerprint density at radius 2 is 2.00 bits per heavy atom. The number of hydrogen-bond donors (Lipinski definition) is 2. The Hall–Kier alpha value is -2.30. The van der Waals surface area contributed by atoms with Gasteiger partial charge < -0.3 is 15.3 Å². The maximum atomic E-state index is 11.7. The summed E-state index contributed by atoms with van der Waals surface area (Å²) in [7, 11) is 3.59. The van der Waals surface area contributed by atoms with Crippen molar-refractivity contribution in [2.45, 2.75) is 6.92 Å². The lowest BCUT2D eigenvalue weighted by Gasteiger charge is -2.06. The monoisotopic (exact) mass is 248 g/mol. The zero-order valence-electron chi connectivity index (χ0n) is 10.6. The van der Waals surface area contributed by atoms with Crippen molar-refractivity contribution < 1.29 is 14.7 Å². The van der Waals surface area contributed by atoms with Gasteiger partial charge in [-0.3, -0.25) is 9.59 Å². The molecular weight excluding hydrogens is 232 g/mol. The first-order valence-electron chi connectivity index (χ1n) is 5.39. The lowest BCUT2D eigenvalue weighted by atomic mass is 10.1. The Morgan fingerprint density at radius 3 is 2.50 bits per heavy atom. The van der Waals surface area contributed by atoms with Crippen molar-refractivity contribution >= 4 is 17.4 Å². The number of nitrogens with one attached hydrogen (secondary N) is 1. The van der Waals surface area contributed by atoms with Crippen molar-refractivity contribution in [3.63, 3.8) is 0 Å². The van der Waals surface area contributed by atoms with Crippen LogP contribution in [0.3, 0.4) is 0 Å². The van der Waals surface area contributed by atoms with E-state index in [1.807, 2.05) is 0 Å². The number of nitrogens with zero attached hydrogens (tertiary/aromatic N) is 1. The number of amides is 1. The largest absolute Gasteiger partial charge is 0.507 e. The van der Waals surface area contributed by atoms with Gasteiger partial charge in [-0.15, -0.1) is 0 Å². The van der Waals surface area contributed by atoms with Crippen LogP contribution in [0.4, 0.5) is 5.69 Å². The van der Waals surface area contributed by atoms with Crippen molar-refractivity contribution in [1.82, 2.24) is 4.90 Å². The van der Waals surface area contributed by atoms with Gasteiger partial charge in [-0.05, 0) is 12.1 Å². The number of anilines is 1. The number of phenols is 1. The summed E-state index contributed by atoms with van der Waals surface area (Å²) in [5.74, 6) is -0.689. The highest BCUT2D eigenvalue weighted by atomic mass is 16.3. The molecule has 1 amide bonds. The highest BCUT2D eigenvalue weighted by Gasteiger charge is 2.09. The first-order valence-corrected chi connectivity index (χ1v) is 5.39. The second-order valence-corrected chi connectivity index (χ2v) is 4.06. The maximum absolute atomic E-state index is 11.7. The first kappa shape index (κ1) is 13.8. The maximum Gasteiger partial charge on any atom is 0.221 e. The number of rotatable bonds is 4. The molecule has 0 spiro atoms. The summed E-state index contributed by atoms with van der Waals surface area (Å²) in [5.41, 5.74) is 0.648. The molecule has 2 N–H and O–H groups in total. The van der Waals surface area contributed by atoms with E-state index in [9.17, 15) is 14.7 Å². The third kappa shape index (κ3) is 3.93. The van der Waals surface area contributed by atoms with Crippen molar-refractivity contribution in [3.8, 4) is 5.75 Å². The van der Waals surface area contributed by atoms with Crippen LogP contribution in [-0.2, 0) is 4.79 Å². The van der Waals surface area contributed by atoms with Gasteiger partial charge in [-0.1, -0.05) is 0 Å². The number of benzene rings is 1. The molecule has 0 aliphatic heterocycles. The molecule has 1 rings (SSSR count). The Labute approximate surface area is 106 Å². The van der Waals surface area contributed by atoms with Gasteiger partial charge in [0.2, 0.25) is 5.91 Å². The van der Waals surface area contributed by atoms with Crippen LogP contribution < -0.4 is 5.32 Å². The molecule has 0 aromatic heterocycles. The normalized spacial score (nSPS) is 10.4. The Balaban J connectivity index is 2.91. The molecule has 0 fully saturated rings. The minimum absolute atomic E-state index is 0.158. The van der Waals surface area contributed by atoms with E-state index >= 15 is 0 Å². The molecule has 0 saturated heterocycles. The van der Waals surface area contributed by atoms with Crippen molar-refractivity contribution in [3.05, 3.63) is 36.0 Å². The molecular formula is C13H16N2O3. The fraction of sp³-hybridized carbons (Fsp3) is 0.231. The predicted molar refractivity (Wildman–Crippen MR) is 69.6 cm³/mol. The zero-order valence-corrected chi connectivity index (χ0v) is 10.6. The molecule has 0 radical (unpaired) electrons. The number of carbonyl (C=O) groups is 2. The van der Waals surface area contributed by atoms with E-state index in [1.54, 1.807) is 31.3 Å². The van der Waals surface area contributed by atoms with Gasteiger partial charge in [0.15, 0.2) is 5.78 Å². The van der Waals surface area contributed by atoms with Gasteiger partial charge in [-0.25, -0.2) is 0 Å². The third-order valence-corrected chi connectivity index (χ3v) is 2.11. The van der Waals surface area contributed by atoms with Crippen molar-refractivity contribution in [2.75, 3.05) is 19.4 Å². The molecule has 0 saturated carbocycles. The van der Waals surface area contributed by atoms with Gasteiger partial charge in [0.05, 0.1) is 5.56 Å². The minimum Gasteiger partial charge on any atom is -0.507 e. The van der Waals surface area contributed by atoms with Gasteiger partial charge in [0.1, 0.15) is 5.75 Å². The summed E-state index contributed by atoms with van der Waals surface area (Å²) in [6, 6.07) is 4.39. The van der Waals surface area contributed by atoms with Crippen LogP contribution in [0.15, 0.2) is 30.5 Å². The second kappa shape index (κ2) is 5.86. The summed E-state index contributed by atoms with van der Waals surface area (Å²) in [6.45, 7) is 1.37. The molecule has 5 nitrogen and oxygen atoms in total. The SMILES string of the molecule is CC(=O)Nc1ccc(C(=O)C=CN(C)C)c(O)c1. The van der Waals surface area contributed by atoms with Crippen LogP contribution >= 0.6 is 0 Å². The van der Waals surface area contributed by atoms with Gasteiger partial charge in [0.25, 0.3) is 0 Å².